The van der Waals surface area contributed by atoms with E-state index < -0.39 is 10.8 Å². The van der Waals surface area contributed by atoms with Crippen LogP contribution in [0.5, 0.6) is 0 Å². The van der Waals surface area contributed by atoms with Crippen LogP contribution in [0.1, 0.15) is 23.2 Å². The van der Waals surface area contributed by atoms with Crippen molar-refractivity contribution in [1.29, 1.82) is 0 Å². The highest BCUT2D eigenvalue weighted by molar-refractivity contribution is 5.94. The maximum absolute atomic E-state index is 11.2. The number of nitro benzene ring substituents is 1. The summed E-state index contributed by atoms with van der Waals surface area (Å²) in [5.74, 6) is -0.773. The third kappa shape index (κ3) is 2.76. The van der Waals surface area contributed by atoms with Crippen molar-refractivity contribution in [3.8, 4) is 0 Å². The summed E-state index contributed by atoms with van der Waals surface area (Å²) >= 11 is 0. The molecule has 1 heterocycles. The lowest BCUT2D eigenvalue weighted by Crippen LogP contribution is -2.36. The molecule has 20 heavy (non-hydrogen) atoms. The van der Waals surface area contributed by atoms with E-state index in [0.717, 1.165) is 19.1 Å². The zero-order valence-corrected chi connectivity index (χ0v) is 10.8. The molecular formula is C13H15N3O4. The molecule has 1 saturated heterocycles. The summed E-state index contributed by atoms with van der Waals surface area (Å²) in [5.41, 5.74) is 5.69. The Morgan fingerprint density at radius 3 is 2.85 bits per heavy atom. The normalized spacial score (nSPS) is 18.6. The van der Waals surface area contributed by atoms with Gasteiger partial charge in [0, 0.05) is 30.6 Å². The molecule has 1 aromatic rings. The number of aldehydes is 1. The fourth-order valence-corrected chi connectivity index (χ4v) is 2.42. The Morgan fingerprint density at radius 2 is 2.25 bits per heavy atom. The number of hydrogen-bond acceptors (Lipinski definition) is 5. The van der Waals surface area contributed by atoms with E-state index in [0.29, 0.717) is 18.8 Å². The molecule has 2 rings (SSSR count). The van der Waals surface area contributed by atoms with Crippen molar-refractivity contribution >= 4 is 23.6 Å². The van der Waals surface area contributed by atoms with Crippen molar-refractivity contribution in [2.45, 2.75) is 12.8 Å². The summed E-state index contributed by atoms with van der Waals surface area (Å²) in [6, 6.07) is 4.04. The van der Waals surface area contributed by atoms with Crippen molar-refractivity contribution in [3.05, 3.63) is 33.9 Å². The molecule has 1 fully saturated rings. The van der Waals surface area contributed by atoms with Crippen LogP contribution in [0.4, 0.5) is 11.4 Å². The fourth-order valence-electron chi connectivity index (χ4n) is 2.42. The van der Waals surface area contributed by atoms with Gasteiger partial charge in [-0.15, -0.1) is 0 Å². The van der Waals surface area contributed by atoms with Crippen LogP contribution in [0.3, 0.4) is 0 Å². The van der Waals surface area contributed by atoms with Gasteiger partial charge in [0.2, 0.25) is 5.91 Å². The van der Waals surface area contributed by atoms with Crippen LogP contribution in [-0.4, -0.2) is 30.2 Å². The lowest BCUT2D eigenvalue weighted by molar-refractivity contribution is -0.384. The number of primary amides is 1. The summed E-state index contributed by atoms with van der Waals surface area (Å²) in [5, 5.41) is 11.1. The number of piperidine rings is 1. The Bertz CT molecular complexity index is 559. The molecule has 7 nitrogen and oxygen atoms in total. The van der Waals surface area contributed by atoms with Crippen LogP contribution in [0, 0.1) is 16.0 Å². The van der Waals surface area contributed by atoms with Crippen LogP contribution in [0.25, 0.3) is 0 Å². The minimum atomic E-state index is -0.634. The van der Waals surface area contributed by atoms with Gasteiger partial charge in [-0.1, -0.05) is 0 Å². The smallest absolute Gasteiger partial charge is 0.292 e. The van der Waals surface area contributed by atoms with E-state index in [1.54, 1.807) is 4.90 Å². The largest absolute Gasteiger partial charge is 0.366 e. The molecule has 1 atom stereocenters. The standard InChI is InChI=1S/C13H15N3O4/c14-13(18)10-3-4-11(16(19)20)12(6-10)15-5-1-2-9(7-15)8-17/h3-4,6,8-9H,1-2,5,7H2,(H2,14,18). The highest BCUT2D eigenvalue weighted by Gasteiger charge is 2.26. The van der Waals surface area contributed by atoms with Crippen LogP contribution < -0.4 is 10.6 Å². The van der Waals surface area contributed by atoms with Crippen molar-refractivity contribution in [3.63, 3.8) is 0 Å². The molecule has 1 unspecified atom stereocenters. The van der Waals surface area contributed by atoms with Crippen LogP contribution in [-0.2, 0) is 4.79 Å². The summed E-state index contributed by atoms with van der Waals surface area (Å²) in [4.78, 5) is 34.5. The average molecular weight is 277 g/mol. The summed E-state index contributed by atoms with van der Waals surface area (Å²) in [7, 11) is 0. The first-order valence-corrected chi connectivity index (χ1v) is 6.31. The van der Waals surface area contributed by atoms with E-state index in [1.165, 1.54) is 18.2 Å². The monoisotopic (exact) mass is 277 g/mol. The van der Waals surface area contributed by atoms with E-state index >= 15 is 0 Å². The second-order valence-corrected chi connectivity index (χ2v) is 4.81. The Balaban J connectivity index is 2.41. The second kappa shape index (κ2) is 5.68. The summed E-state index contributed by atoms with van der Waals surface area (Å²) < 4.78 is 0. The Labute approximate surface area is 115 Å². The summed E-state index contributed by atoms with van der Waals surface area (Å²) in [6.07, 6.45) is 2.43. The van der Waals surface area contributed by atoms with E-state index in [9.17, 15) is 19.7 Å². The topological polar surface area (TPSA) is 107 Å². The molecule has 1 aliphatic heterocycles. The van der Waals surface area contributed by atoms with Gasteiger partial charge in [-0.2, -0.15) is 0 Å². The molecule has 1 aromatic carbocycles. The molecule has 0 radical (unpaired) electrons. The quantitative estimate of drug-likeness (QED) is 0.504. The van der Waals surface area contributed by atoms with Crippen molar-refractivity contribution in [2.75, 3.05) is 18.0 Å². The minimum absolute atomic E-state index is 0.0819. The van der Waals surface area contributed by atoms with Gasteiger partial charge in [0.25, 0.3) is 5.69 Å². The lowest BCUT2D eigenvalue weighted by Gasteiger charge is -2.31. The highest BCUT2D eigenvalue weighted by Crippen LogP contribution is 2.32. The van der Waals surface area contributed by atoms with Gasteiger partial charge in [0.05, 0.1) is 4.92 Å². The molecule has 7 heteroatoms. The van der Waals surface area contributed by atoms with Gasteiger partial charge in [0.15, 0.2) is 0 Å². The molecular weight excluding hydrogens is 262 g/mol. The minimum Gasteiger partial charge on any atom is -0.366 e. The number of carbonyl (C=O) groups is 2. The van der Waals surface area contributed by atoms with Gasteiger partial charge in [-0.25, -0.2) is 0 Å². The van der Waals surface area contributed by atoms with E-state index in [1.807, 2.05) is 0 Å². The molecule has 0 bridgehead atoms. The molecule has 1 aliphatic rings. The molecule has 2 N–H and O–H groups in total. The predicted octanol–water partition coefficient (Wildman–Crippen LogP) is 1.11. The molecule has 0 aromatic heterocycles. The molecule has 106 valence electrons. The Morgan fingerprint density at radius 1 is 1.50 bits per heavy atom. The van der Waals surface area contributed by atoms with Gasteiger partial charge < -0.3 is 15.4 Å². The third-order valence-corrected chi connectivity index (χ3v) is 3.45. The first kappa shape index (κ1) is 14.0. The van der Waals surface area contributed by atoms with E-state index in [2.05, 4.69) is 0 Å². The lowest BCUT2D eigenvalue weighted by atomic mass is 9.98. The zero-order chi connectivity index (χ0) is 14.7. The zero-order valence-electron chi connectivity index (χ0n) is 10.8. The molecule has 0 saturated carbocycles. The number of carbonyl (C=O) groups excluding carboxylic acids is 2. The third-order valence-electron chi connectivity index (χ3n) is 3.45. The van der Waals surface area contributed by atoms with Crippen LogP contribution in [0.2, 0.25) is 0 Å². The number of rotatable bonds is 4. The molecule has 0 aliphatic carbocycles. The number of amides is 1. The number of benzene rings is 1. The number of anilines is 1. The van der Waals surface area contributed by atoms with E-state index in [-0.39, 0.29) is 17.2 Å². The summed E-state index contributed by atoms with van der Waals surface area (Å²) in [6.45, 7) is 1.04. The first-order valence-electron chi connectivity index (χ1n) is 6.31. The number of nitro groups is 1. The maximum atomic E-state index is 11.2. The highest BCUT2D eigenvalue weighted by atomic mass is 16.6. The Hall–Kier alpha value is -2.44. The SMILES string of the molecule is NC(=O)c1ccc([N+](=O)[O-])c(N2CCCC(C=O)C2)c1. The number of nitrogens with two attached hydrogens (primary N) is 1. The number of nitrogens with zero attached hydrogens (tertiary/aromatic N) is 2. The maximum Gasteiger partial charge on any atom is 0.292 e. The predicted molar refractivity (Wildman–Crippen MR) is 72.6 cm³/mol. The van der Waals surface area contributed by atoms with Gasteiger partial charge in [-0.05, 0) is 25.0 Å². The molecule has 0 spiro atoms. The Kier molecular flexibility index (Phi) is 3.97. The van der Waals surface area contributed by atoms with Gasteiger partial charge >= 0.3 is 0 Å². The van der Waals surface area contributed by atoms with Gasteiger partial charge in [0.1, 0.15) is 12.0 Å². The fraction of sp³-hybridized carbons (Fsp3) is 0.385. The first-order chi connectivity index (χ1) is 9.52. The number of hydrogen-bond donors (Lipinski definition) is 1. The van der Waals surface area contributed by atoms with Crippen molar-refractivity contribution in [2.24, 2.45) is 11.7 Å². The van der Waals surface area contributed by atoms with Crippen LogP contribution in [0.15, 0.2) is 18.2 Å². The average Bonchev–Trinajstić information content (AvgIpc) is 2.46. The van der Waals surface area contributed by atoms with E-state index in [4.69, 9.17) is 5.73 Å². The van der Waals surface area contributed by atoms with Crippen molar-refractivity contribution < 1.29 is 14.5 Å². The van der Waals surface area contributed by atoms with Crippen LogP contribution >= 0.6 is 0 Å². The second-order valence-electron chi connectivity index (χ2n) is 4.81. The van der Waals surface area contributed by atoms with Crippen molar-refractivity contribution in [1.82, 2.24) is 0 Å². The molecule has 1 amide bonds. The van der Waals surface area contributed by atoms with Gasteiger partial charge in [-0.3, -0.25) is 14.9 Å².